The number of hydrogen-bond acceptors (Lipinski definition) is 2. The van der Waals surface area contributed by atoms with Gasteiger partial charge in [-0.2, -0.15) is 0 Å². The molecule has 0 saturated heterocycles. The zero-order valence-electron chi connectivity index (χ0n) is 14.4. The van der Waals surface area contributed by atoms with E-state index in [0.717, 1.165) is 47.1 Å². The Labute approximate surface area is 156 Å². The fourth-order valence-corrected chi connectivity index (χ4v) is 3.33. The average molecular weight is 400 g/mol. The first-order valence-corrected chi connectivity index (χ1v) is 9.79. The van der Waals surface area contributed by atoms with Crippen LogP contribution in [0.4, 0.5) is 0 Å². The molecule has 0 unspecified atom stereocenters. The van der Waals surface area contributed by atoms with E-state index in [4.69, 9.17) is 4.74 Å². The maximum atomic E-state index is 13.0. The van der Waals surface area contributed by atoms with Crippen LogP contribution >= 0.6 is 15.9 Å². The molecule has 0 atom stereocenters. The summed E-state index contributed by atoms with van der Waals surface area (Å²) in [6.45, 7) is 2.78. The lowest BCUT2D eigenvalue weighted by Gasteiger charge is -2.08. The lowest BCUT2D eigenvalue weighted by molar-refractivity contribution is 0.103. The number of benzene rings is 1. The number of rotatable bonds is 8. The predicted octanol–water partition coefficient (Wildman–Crippen LogP) is 5.29. The number of ether oxygens (including phenoxy) is 1. The van der Waals surface area contributed by atoms with Crippen molar-refractivity contribution in [1.82, 2.24) is 4.40 Å². The van der Waals surface area contributed by atoms with Crippen LogP contribution in [0.2, 0.25) is 0 Å². The van der Waals surface area contributed by atoms with E-state index in [1.807, 2.05) is 53.1 Å². The van der Waals surface area contributed by atoms with Gasteiger partial charge in [-0.3, -0.25) is 4.79 Å². The minimum absolute atomic E-state index is 0.0499. The Morgan fingerprint density at radius 3 is 2.64 bits per heavy atom. The van der Waals surface area contributed by atoms with Crippen molar-refractivity contribution in [2.24, 2.45) is 0 Å². The molecule has 0 spiro atoms. The van der Waals surface area contributed by atoms with Crippen LogP contribution in [0.25, 0.3) is 5.52 Å². The molecule has 0 aliphatic rings. The largest absolute Gasteiger partial charge is 0.494 e. The van der Waals surface area contributed by atoms with Crippen molar-refractivity contribution in [3.63, 3.8) is 0 Å². The minimum Gasteiger partial charge on any atom is -0.494 e. The van der Waals surface area contributed by atoms with E-state index in [9.17, 15) is 4.79 Å². The quantitative estimate of drug-likeness (QED) is 0.292. The van der Waals surface area contributed by atoms with Gasteiger partial charge in [0.2, 0.25) is 5.78 Å². The number of aryl methyl sites for hydroxylation is 1. The van der Waals surface area contributed by atoms with E-state index in [2.05, 4.69) is 28.9 Å². The number of fused-ring (bicyclic) bond motifs is 1. The van der Waals surface area contributed by atoms with E-state index in [0.29, 0.717) is 12.2 Å². The number of alkyl halides is 1. The number of nitrogens with zero attached hydrogens (tertiary/aromatic N) is 1. The number of ketones is 1. The van der Waals surface area contributed by atoms with Crippen LogP contribution in [-0.4, -0.2) is 22.1 Å². The first kappa shape index (κ1) is 17.7. The SMILES string of the molecule is CCc1cc2ccccn2c1C(=O)c1ccc(OCCCCBr)cc1. The van der Waals surface area contributed by atoms with Gasteiger partial charge in [0, 0.05) is 22.6 Å². The maximum absolute atomic E-state index is 13.0. The second kappa shape index (κ2) is 8.34. The fraction of sp³-hybridized carbons (Fsp3) is 0.286. The van der Waals surface area contributed by atoms with Crippen molar-refractivity contribution in [2.45, 2.75) is 26.2 Å². The van der Waals surface area contributed by atoms with E-state index < -0.39 is 0 Å². The van der Waals surface area contributed by atoms with Crippen molar-refractivity contribution in [3.05, 3.63) is 71.5 Å². The Morgan fingerprint density at radius 1 is 1.12 bits per heavy atom. The van der Waals surface area contributed by atoms with E-state index >= 15 is 0 Å². The van der Waals surface area contributed by atoms with Crippen LogP contribution < -0.4 is 4.74 Å². The third-order valence-corrected chi connectivity index (χ3v) is 4.83. The molecule has 0 radical (unpaired) electrons. The first-order chi connectivity index (χ1) is 12.2. The monoisotopic (exact) mass is 399 g/mol. The summed E-state index contributed by atoms with van der Waals surface area (Å²) in [4.78, 5) is 13.0. The highest BCUT2D eigenvalue weighted by atomic mass is 79.9. The number of aromatic nitrogens is 1. The molecule has 130 valence electrons. The Bertz CT molecular complexity index is 852. The Balaban J connectivity index is 1.81. The highest BCUT2D eigenvalue weighted by Gasteiger charge is 2.18. The highest BCUT2D eigenvalue weighted by molar-refractivity contribution is 9.09. The third kappa shape index (κ3) is 3.96. The minimum atomic E-state index is 0.0499. The number of halogens is 1. The van der Waals surface area contributed by atoms with Crippen molar-refractivity contribution in [1.29, 1.82) is 0 Å². The average Bonchev–Trinajstić information content (AvgIpc) is 3.04. The second-order valence-electron chi connectivity index (χ2n) is 5.97. The van der Waals surface area contributed by atoms with Crippen molar-refractivity contribution >= 4 is 27.2 Å². The molecule has 3 aromatic rings. The summed E-state index contributed by atoms with van der Waals surface area (Å²) in [5, 5.41) is 0.995. The van der Waals surface area contributed by atoms with E-state index in [1.165, 1.54) is 0 Å². The topological polar surface area (TPSA) is 30.7 Å². The van der Waals surface area contributed by atoms with Crippen LogP contribution in [0.3, 0.4) is 0 Å². The molecule has 0 fully saturated rings. The summed E-state index contributed by atoms with van der Waals surface area (Å²) in [6, 6.07) is 15.5. The molecule has 0 N–H and O–H groups in total. The summed E-state index contributed by atoms with van der Waals surface area (Å²) in [5.41, 5.74) is 3.57. The molecule has 2 heterocycles. The summed E-state index contributed by atoms with van der Waals surface area (Å²) in [6.07, 6.45) is 4.89. The van der Waals surface area contributed by atoms with Gasteiger partial charge in [-0.25, -0.2) is 0 Å². The molecule has 0 amide bonds. The molecule has 1 aromatic carbocycles. The van der Waals surface area contributed by atoms with E-state index in [1.54, 1.807) is 0 Å². The zero-order chi connectivity index (χ0) is 17.6. The smallest absolute Gasteiger partial charge is 0.210 e. The molecule has 0 aliphatic carbocycles. The van der Waals surface area contributed by atoms with E-state index in [-0.39, 0.29) is 5.78 Å². The summed E-state index contributed by atoms with van der Waals surface area (Å²) in [7, 11) is 0. The molecular weight excluding hydrogens is 378 g/mol. The summed E-state index contributed by atoms with van der Waals surface area (Å²) >= 11 is 3.41. The van der Waals surface area contributed by atoms with Crippen LogP contribution in [0.15, 0.2) is 54.7 Å². The van der Waals surface area contributed by atoms with Gasteiger partial charge in [-0.15, -0.1) is 0 Å². The molecule has 0 bridgehead atoms. The van der Waals surface area contributed by atoms with Gasteiger partial charge in [0.15, 0.2) is 0 Å². The zero-order valence-corrected chi connectivity index (χ0v) is 16.0. The first-order valence-electron chi connectivity index (χ1n) is 8.67. The standard InChI is InChI=1S/C21H22BrNO2/c1-2-16-15-18-7-3-5-13-23(18)20(16)21(24)17-8-10-19(11-9-17)25-14-6-4-12-22/h3,5,7-11,13,15H,2,4,6,12,14H2,1H3. The Kier molecular flexibility index (Phi) is 5.92. The number of carbonyl (C=O) groups excluding carboxylic acids is 1. The van der Waals surface area contributed by atoms with Crippen LogP contribution in [-0.2, 0) is 6.42 Å². The third-order valence-electron chi connectivity index (χ3n) is 4.27. The molecule has 0 aliphatic heterocycles. The normalized spacial score (nSPS) is 11.0. The van der Waals surface area contributed by atoms with Crippen molar-refractivity contribution in [2.75, 3.05) is 11.9 Å². The number of hydrogen-bond donors (Lipinski definition) is 0. The van der Waals surface area contributed by atoms with Gasteiger partial charge in [-0.05, 0) is 67.3 Å². The van der Waals surface area contributed by atoms with Crippen LogP contribution in [0.1, 0.15) is 41.4 Å². The molecule has 3 nitrogen and oxygen atoms in total. The Morgan fingerprint density at radius 2 is 1.92 bits per heavy atom. The number of pyridine rings is 1. The van der Waals surface area contributed by atoms with Gasteiger partial charge in [0.1, 0.15) is 5.75 Å². The second-order valence-corrected chi connectivity index (χ2v) is 6.76. The molecule has 3 rings (SSSR count). The molecule has 25 heavy (non-hydrogen) atoms. The highest BCUT2D eigenvalue weighted by Crippen LogP contribution is 2.22. The van der Waals surface area contributed by atoms with Crippen LogP contribution in [0, 0.1) is 0 Å². The lowest BCUT2D eigenvalue weighted by Crippen LogP contribution is -2.08. The molecule has 0 saturated carbocycles. The molecule has 2 aromatic heterocycles. The predicted molar refractivity (Wildman–Crippen MR) is 105 cm³/mol. The van der Waals surface area contributed by atoms with Gasteiger partial charge < -0.3 is 9.14 Å². The maximum Gasteiger partial charge on any atom is 0.210 e. The van der Waals surface area contributed by atoms with Gasteiger partial charge in [0.05, 0.1) is 12.3 Å². The van der Waals surface area contributed by atoms with Gasteiger partial charge in [-0.1, -0.05) is 28.9 Å². The van der Waals surface area contributed by atoms with Crippen molar-refractivity contribution < 1.29 is 9.53 Å². The fourth-order valence-electron chi connectivity index (χ4n) is 2.93. The Hall–Kier alpha value is -2.07. The summed E-state index contributed by atoms with van der Waals surface area (Å²) < 4.78 is 7.69. The van der Waals surface area contributed by atoms with Gasteiger partial charge >= 0.3 is 0 Å². The number of unbranched alkanes of at least 4 members (excludes halogenated alkanes) is 1. The summed E-state index contributed by atoms with van der Waals surface area (Å²) in [5.74, 6) is 0.857. The van der Waals surface area contributed by atoms with Crippen molar-refractivity contribution in [3.8, 4) is 5.75 Å². The lowest BCUT2D eigenvalue weighted by atomic mass is 10.0. The van der Waals surface area contributed by atoms with Gasteiger partial charge in [0.25, 0.3) is 0 Å². The molecule has 4 heteroatoms. The molecular formula is C21H22BrNO2. The van der Waals surface area contributed by atoms with Crippen LogP contribution in [0.5, 0.6) is 5.75 Å². The number of carbonyl (C=O) groups is 1.